The number of carbonyl (C=O) groups excluding carboxylic acids is 2. The third kappa shape index (κ3) is 8.64. The van der Waals surface area contributed by atoms with Crippen LogP contribution in [-0.4, -0.2) is 55.1 Å². The molecule has 218 valence electrons. The third-order valence-electron chi connectivity index (χ3n) is 7.34. The number of hydrogen-bond acceptors (Lipinski definition) is 4. The van der Waals surface area contributed by atoms with E-state index in [1.165, 1.54) is 36.2 Å². The number of amides is 2. The zero-order valence-electron chi connectivity index (χ0n) is 23.0. The van der Waals surface area contributed by atoms with Crippen LogP contribution in [-0.2, 0) is 32.6 Å². The monoisotopic (exact) mass is 659 g/mol. The van der Waals surface area contributed by atoms with Crippen LogP contribution in [0.25, 0.3) is 0 Å². The molecule has 0 radical (unpaired) electrons. The molecular formula is C31H35BrClN3O4S. The van der Waals surface area contributed by atoms with Gasteiger partial charge in [-0.15, -0.1) is 0 Å². The number of nitrogens with one attached hydrogen (secondary N) is 1. The van der Waals surface area contributed by atoms with Gasteiger partial charge in [0.15, 0.2) is 0 Å². The Bertz CT molecular complexity index is 1430. The molecule has 10 heteroatoms. The van der Waals surface area contributed by atoms with E-state index in [9.17, 15) is 18.0 Å². The number of nitrogens with zero attached hydrogens (tertiary/aromatic N) is 2. The number of likely N-dealkylation sites (N-methyl/N-ethyl adjacent to an activating group) is 1. The van der Waals surface area contributed by atoms with Gasteiger partial charge in [-0.2, -0.15) is 4.31 Å². The van der Waals surface area contributed by atoms with E-state index in [4.69, 9.17) is 11.6 Å². The summed E-state index contributed by atoms with van der Waals surface area (Å²) in [4.78, 5) is 29.5. The molecule has 0 heterocycles. The first kappa shape index (κ1) is 31.2. The minimum absolute atomic E-state index is 0.0339. The van der Waals surface area contributed by atoms with Gasteiger partial charge >= 0.3 is 0 Å². The van der Waals surface area contributed by atoms with Gasteiger partial charge in [0.1, 0.15) is 6.04 Å². The van der Waals surface area contributed by atoms with E-state index in [-0.39, 0.29) is 23.4 Å². The number of rotatable bonds is 11. The highest BCUT2D eigenvalue weighted by molar-refractivity contribution is 9.10. The van der Waals surface area contributed by atoms with Gasteiger partial charge in [0.2, 0.25) is 21.8 Å². The highest BCUT2D eigenvalue weighted by Gasteiger charge is 2.34. The van der Waals surface area contributed by atoms with Crippen LogP contribution < -0.4 is 5.32 Å². The van der Waals surface area contributed by atoms with Crippen LogP contribution in [0.5, 0.6) is 0 Å². The Morgan fingerprint density at radius 1 is 0.951 bits per heavy atom. The highest BCUT2D eigenvalue weighted by atomic mass is 79.9. The molecule has 3 aromatic carbocycles. The second-order valence-electron chi connectivity index (χ2n) is 10.4. The fourth-order valence-electron chi connectivity index (χ4n) is 5.08. The maximum atomic E-state index is 14.0. The summed E-state index contributed by atoms with van der Waals surface area (Å²) in [6, 6.07) is 22.1. The number of halogens is 2. The Labute approximate surface area is 256 Å². The molecule has 0 unspecified atom stereocenters. The van der Waals surface area contributed by atoms with Gasteiger partial charge in [0, 0.05) is 35.6 Å². The predicted octanol–water partition coefficient (Wildman–Crippen LogP) is 5.81. The summed E-state index contributed by atoms with van der Waals surface area (Å²) >= 11 is 9.44. The van der Waals surface area contributed by atoms with Crippen molar-refractivity contribution >= 4 is 49.4 Å². The summed E-state index contributed by atoms with van der Waals surface area (Å²) in [5.41, 5.74) is 1.73. The molecule has 1 fully saturated rings. The third-order valence-corrected chi connectivity index (χ3v) is 9.91. The van der Waals surface area contributed by atoms with Gasteiger partial charge in [0.05, 0.1) is 11.4 Å². The molecule has 1 aliphatic carbocycles. The zero-order chi connectivity index (χ0) is 29.4. The number of hydrogen-bond donors (Lipinski definition) is 1. The van der Waals surface area contributed by atoms with Crippen molar-refractivity contribution in [1.82, 2.24) is 14.5 Å². The fraction of sp³-hybridized carbons (Fsp3) is 0.355. The largest absolute Gasteiger partial charge is 0.352 e. The van der Waals surface area contributed by atoms with Crippen molar-refractivity contribution in [2.45, 2.75) is 62.0 Å². The van der Waals surface area contributed by atoms with E-state index in [1.807, 2.05) is 54.6 Å². The maximum Gasteiger partial charge on any atom is 0.243 e. The molecule has 0 saturated heterocycles. The van der Waals surface area contributed by atoms with Gasteiger partial charge in [0.25, 0.3) is 0 Å². The molecule has 3 aromatic rings. The standard InChI is InChI=1S/C31H35BrClN3O4S/c1-35(41(39,40)28-17-15-26(33)16-18-28)22-30(37)36(21-24-11-8-12-25(32)19-24)29(20-23-9-4-2-5-10-23)31(38)34-27-13-6-3-7-14-27/h2,4-5,8-12,15-19,27,29H,3,6-7,13-14,20-22H2,1H3,(H,34,38)/t29-/m0/s1. The molecule has 1 saturated carbocycles. The predicted molar refractivity (Wildman–Crippen MR) is 165 cm³/mol. The first-order valence-electron chi connectivity index (χ1n) is 13.7. The summed E-state index contributed by atoms with van der Waals surface area (Å²) < 4.78 is 28.4. The van der Waals surface area contributed by atoms with Crippen molar-refractivity contribution in [3.63, 3.8) is 0 Å². The first-order chi connectivity index (χ1) is 19.6. The lowest BCUT2D eigenvalue weighted by Crippen LogP contribution is -2.54. The van der Waals surface area contributed by atoms with Crippen LogP contribution in [0.2, 0.25) is 5.02 Å². The van der Waals surface area contributed by atoms with E-state index in [0.717, 1.165) is 52.0 Å². The number of sulfonamides is 1. The summed E-state index contributed by atoms with van der Waals surface area (Å²) in [7, 11) is -2.60. The van der Waals surface area contributed by atoms with Gasteiger partial charge in [-0.25, -0.2) is 8.42 Å². The van der Waals surface area contributed by atoms with Gasteiger partial charge in [-0.05, 0) is 60.4 Å². The Kier molecular flexibility index (Phi) is 11.0. The van der Waals surface area contributed by atoms with Gasteiger partial charge in [-0.3, -0.25) is 9.59 Å². The molecule has 41 heavy (non-hydrogen) atoms. The Hall–Kier alpha value is -2.72. The van der Waals surface area contributed by atoms with Crippen molar-refractivity contribution in [2.75, 3.05) is 13.6 Å². The highest BCUT2D eigenvalue weighted by Crippen LogP contribution is 2.22. The number of benzene rings is 3. The Balaban J connectivity index is 1.66. The molecule has 1 aliphatic rings. The molecule has 0 aliphatic heterocycles. The lowest BCUT2D eigenvalue weighted by Gasteiger charge is -2.34. The minimum Gasteiger partial charge on any atom is -0.352 e. The molecular weight excluding hydrogens is 626 g/mol. The van der Waals surface area contributed by atoms with Crippen LogP contribution in [0, 0.1) is 0 Å². The molecule has 1 N–H and O–H groups in total. The lowest BCUT2D eigenvalue weighted by molar-refractivity contribution is -0.141. The van der Waals surface area contributed by atoms with Crippen molar-refractivity contribution in [3.05, 3.63) is 99.5 Å². The summed E-state index contributed by atoms with van der Waals surface area (Å²) in [5, 5.41) is 3.61. The quantitative estimate of drug-likeness (QED) is 0.281. The van der Waals surface area contributed by atoms with Crippen LogP contribution >= 0.6 is 27.5 Å². The zero-order valence-corrected chi connectivity index (χ0v) is 26.2. The molecule has 0 bridgehead atoms. The second-order valence-corrected chi connectivity index (χ2v) is 13.8. The van der Waals surface area contributed by atoms with Crippen LogP contribution in [0.4, 0.5) is 0 Å². The normalized spacial score (nSPS) is 14.9. The average Bonchev–Trinajstić information content (AvgIpc) is 2.96. The smallest absolute Gasteiger partial charge is 0.243 e. The van der Waals surface area contributed by atoms with Gasteiger partial charge in [-0.1, -0.05) is 89.3 Å². The SMILES string of the molecule is CN(CC(=O)N(Cc1cccc(Br)c1)[C@@H](Cc1ccccc1)C(=O)NC1CCCCC1)S(=O)(=O)c1ccc(Cl)cc1. The first-order valence-corrected chi connectivity index (χ1v) is 16.3. The van der Waals surface area contributed by atoms with Crippen molar-refractivity contribution in [3.8, 4) is 0 Å². The summed E-state index contributed by atoms with van der Waals surface area (Å²) in [6.45, 7) is -0.288. The van der Waals surface area contributed by atoms with E-state index in [2.05, 4.69) is 21.2 Å². The van der Waals surface area contributed by atoms with E-state index in [0.29, 0.717) is 11.4 Å². The van der Waals surface area contributed by atoms with Crippen molar-refractivity contribution < 1.29 is 18.0 Å². The molecule has 7 nitrogen and oxygen atoms in total. The Morgan fingerprint density at radius 3 is 2.27 bits per heavy atom. The van der Waals surface area contributed by atoms with Crippen molar-refractivity contribution in [1.29, 1.82) is 0 Å². The summed E-state index contributed by atoms with van der Waals surface area (Å²) in [5.74, 6) is -0.697. The van der Waals surface area contributed by atoms with Crippen molar-refractivity contribution in [2.24, 2.45) is 0 Å². The van der Waals surface area contributed by atoms with Crippen LogP contribution in [0.1, 0.15) is 43.2 Å². The van der Waals surface area contributed by atoms with E-state index >= 15 is 0 Å². The second kappa shape index (κ2) is 14.4. The van der Waals surface area contributed by atoms with E-state index < -0.39 is 28.5 Å². The number of carbonyl (C=O) groups is 2. The topological polar surface area (TPSA) is 86.8 Å². The molecule has 0 spiro atoms. The van der Waals surface area contributed by atoms with Crippen LogP contribution in [0.15, 0.2) is 88.2 Å². The lowest BCUT2D eigenvalue weighted by atomic mass is 9.94. The Morgan fingerprint density at radius 2 is 1.61 bits per heavy atom. The van der Waals surface area contributed by atoms with Gasteiger partial charge < -0.3 is 10.2 Å². The molecule has 0 aromatic heterocycles. The van der Waals surface area contributed by atoms with E-state index in [1.54, 1.807) is 0 Å². The molecule has 1 atom stereocenters. The maximum absolute atomic E-state index is 14.0. The fourth-order valence-corrected chi connectivity index (χ4v) is 6.78. The summed E-state index contributed by atoms with van der Waals surface area (Å²) in [6.07, 6.45) is 5.39. The minimum atomic E-state index is -3.97. The van der Waals surface area contributed by atoms with Crippen LogP contribution in [0.3, 0.4) is 0 Å². The molecule has 2 amide bonds. The average molecular weight is 661 g/mol. The molecule has 4 rings (SSSR count).